The van der Waals surface area contributed by atoms with E-state index < -0.39 is 0 Å². The van der Waals surface area contributed by atoms with Crippen molar-refractivity contribution in [1.29, 1.82) is 0 Å². The summed E-state index contributed by atoms with van der Waals surface area (Å²) in [6, 6.07) is 9.08. The van der Waals surface area contributed by atoms with E-state index in [-0.39, 0.29) is 17.5 Å². The number of nitrogens with one attached hydrogen (secondary N) is 1. The molecule has 0 saturated carbocycles. The fraction of sp³-hybridized carbons (Fsp3) is 0.214. The van der Waals surface area contributed by atoms with E-state index >= 15 is 0 Å². The van der Waals surface area contributed by atoms with Crippen molar-refractivity contribution in [3.05, 3.63) is 47.3 Å². The number of para-hydroxylation sites is 1. The number of nitrogens with two attached hydrogens (primary N) is 1. The zero-order valence-electron chi connectivity index (χ0n) is 11.4. The lowest BCUT2D eigenvalue weighted by Crippen LogP contribution is -2.24. The van der Waals surface area contributed by atoms with Crippen LogP contribution in [0.1, 0.15) is 21.7 Å². The quantitative estimate of drug-likeness (QED) is 0.875. The van der Waals surface area contributed by atoms with E-state index in [4.69, 9.17) is 10.5 Å². The predicted octanol–water partition coefficient (Wildman–Crippen LogP) is 1.31. The van der Waals surface area contributed by atoms with Crippen LogP contribution >= 0.6 is 0 Å². The summed E-state index contributed by atoms with van der Waals surface area (Å²) < 4.78 is 5.22. The number of carbonyl (C=O) groups excluding carboxylic acids is 1. The van der Waals surface area contributed by atoms with Crippen LogP contribution in [0.4, 0.5) is 5.95 Å². The van der Waals surface area contributed by atoms with E-state index in [1.165, 1.54) is 0 Å². The minimum Gasteiger partial charge on any atom is -0.496 e. The number of anilines is 1. The summed E-state index contributed by atoms with van der Waals surface area (Å²) in [6.45, 7) is 2.11. The van der Waals surface area contributed by atoms with Crippen molar-refractivity contribution in [2.75, 3.05) is 12.8 Å². The molecule has 2 rings (SSSR count). The lowest BCUT2D eigenvalue weighted by atomic mass is 10.2. The zero-order valence-corrected chi connectivity index (χ0v) is 11.4. The molecular formula is C14H16N4O2. The van der Waals surface area contributed by atoms with E-state index in [1.54, 1.807) is 20.1 Å². The summed E-state index contributed by atoms with van der Waals surface area (Å²) in [5, 5.41) is 2.78. The van der Waals surface area contributed by atoms with Crippen LogP contribution in [0.25, 0.3) is 0 Å². The molecule has 0 aliphatic rings. The number of nitrogen functional groups attached to an aromatic ring is 1. The lowest BCUT2D eigenvalue weighted by molar-refractivity contribution is 0.0945. The third-order valence-electron chi connectivity index (χ3n) is 2.74. The molecule has 3 N–H and O–H groups in total. The van der Waals surface area contributed by atoms with Gasteiger partial charge in [-0.1, -0.05) is 18.2 Å². The molecule has 0 atom stereocenters. The van der Waals surface area contributed by atoms with Crippen molar-refractivity contribution in [2.24, 2.45) is 0 Å². The standard InChI is InChI=1S/C14H16N4O2/c1-9-7-11(18-14(15)17-9)13(19)16-8-10-5-3-4-6-12(10)20-2/h3-7H,8H2,1-2H3,(H,16,19)(H2,15,17,18). The number of nitrogens with zero attached hydrogens (tertiary/aromatic N) is 2. The molecule has 0 aliphatic heterocycles. The van der Waals surface area contributed by atoms with Crippen LogP contribution in [-0.2, 0) is 6.54 Å². The van der Waals surface area contributed by atoms with Gasteiger partial charge in [-0.3, -0.25) is 4.79 Å². The molecule has 0 spiro atoms. The highest BCUT2D eigenvalue weighted by molar-refractivity contribution is 5.92. The predicted molar refractivity (Wildman–Crippen MR) is 75.3 cm³/mol. The average Bonchev–Trinajstić information content (AvgIpc) is 2.44. The highest BCUT2D eigenvalue weighted by atomic mass is 16.5. The smallest absolute Gasteiger partial charge is 0.270 e. The summed E-state index contributed by atoms with van der Waals surface area (Å²) in [5.41, 5.74) is 7.33. The molecule has 1 amide bonds. The molecule has 0 unspecified atom stereocenters. The second-order valence-electron chi connectivity index (χ2n) is 4.25. The van der Waals surface area contributed by atoms with E-state index in [9.17, 15) is 4.79 Å². The molecular weight excluding hydrogens is 256 g/mol. The van der Waals surface area contributed by atoms with Gasteiger partial charge in [0.05, 0.1) is 7.11 Å². The van der Waals surface area contributed by atoms with Gasteiger partial charge in [-0.2, -0.15) is 0 Å². The van der Waals surface area contributed by atoms with E-state index in [0.717, 1.165) is 11.3 Å². The molecule has 6 heteroatoms. The average molecular weight is 272 g/mol. The van der Waals surface area contributed by atoms with Crippen LogP contribution in [0, 0.1) is 6.92 Å². The van der Waals surface area contributed by atoms with Crippen LogP contribution in [0.3, 0.4) is 0 Å². The number of ether oxygens (including phenoxy) is 1. The fourth-order valence-corrected chi connectivity index (χ4v) is 1.82. The van der Waals surface area contributed by atoms with Crippen LogP contribution in [0.2, 0.25) is 0 Å². The lowest BCUT2D eigenvalue weighted by Gasteiger charge is -2.09. The highest BCUT2D eigenvalue weighted by Crippen LogP contribution is 2.16. The molecule has 6 nitrogen and oxygen atoms in total. The Bertz CT molecular complexity index is 608. The number of methoxy groups -OCH3 is 1. The molecule has 0 aliphatic carbocycles. The maximum Gasteiger partial charge on any atom is 0.270 e. The molecule has 0 radical (unpaired) electrons. The monoisotopic (exact) mass is 272 g/mol. The molecule has 0 bridgehead atoms. The minimum atomic E-state index is -0.298. The van der Waals surface area contributed by atoms with Crippen molar-refractivity contribution in [3.63, 3.8) is 0 Å². The van der Waals surface area contributed by atoms with Gasteiger partial charge < -0.3 is 15.8 Å². The second kappa shape index (κ2) is 6.01. The molecule has 1 aromatic heterocycles. The number of hydrogen-bond donors (Lipinski definition) is 2. The Morgan fingerprint density at radius 2 is 2.10 bits per heavy atom. The van der Waals surface area contributed by atoms with Gasteiger partial charge in [0.15, 0.2) is 0 Å². The molecule has 1 heterocycles. The van der Waals surface area contributed by atoms with Crippen molar-refractivity contribution in [3.8, 4) is 5.75 Å². The van der Waals surface area contributed by atoms with Crippen molar-refractivity contribution >= 4 is 11.9 Å². The molecule has 2 aromatic rings. The number of aromatic nitrogens is 2. The van der Waals surface area contributed by atoms with Gasteiger partial charge in [0.1, 0.15) is 11.4 Å². The van der Waals surface area contributed by atoms with E-state index in [1.807, 2.05) is 24.3 Å². The Morgan fingerprint density at radius 3 is 2.80 bits per heavy atom. The summed E-state index contributed by atoms with van der Waals surface area (Å²) in [7, 11) is 1.59. The zero-order chi connectivity index (χ0) is 14.5. The van der Waals surface area contributed by atoms with E-state index in [2.05, 4.69) is 15.3 Å². The van der Waals surface area contributed by atoms with Gasteiger partial charge in [-0.05, 0) is 19.1 Å². The maximum absolute atomic E-state index is 12.0. The van der Waals surface area contributed by atoms with Gasteiger partial charge in [0, 0.05) is 17.8 Å². The SMILES string of the molecule is COc1ccccc1CNC(=O)c1cc(C)nc(N)n1. The third kappa shape index (κ3) is 3.23. The van der Waals surface area contributed by atoms with Crippen LogP contribution in [0.15, 0.2) is 30.3 Å². The number of benzene rings is 1. The number of aryl methyl sites for hydroxylation is 1. The first-order valence-electron chi connectivity index (χ1n) is 6.11. The number of hydrogen-bond acceptors (Lipinski definition) is 5. The second-order valence-corrected chi connectivity index (χ2v) is 4.25. The summed E-state index contributed by atoms with van der Waals surface area (Å²) in [4.78, 5) is 19.9. The van der Waals surface area contributed by atoms with Crippen LogP contribution in [-0.4, -0.2) is 23.0 Å². The van der Waals surface area contributed by atoms with Gasteiger partial charge >= 0.3 is 0 Å². The normalized spacial score (nSPS) is 10.1. The molecule has 1 aromatic carbocycles. The van der Waals surface area contributed by atoms with E-state index in [0.29, 0.717) is 12.2 Å². The summed E-state index contributed by atoms with van der Waals surface area (Å²) >= 11 is 0. The largest absolute Gasteiger partial charge is 0.496 e. The first-order valence-corrected chi connectivity index (χ1v) is 6.11. The number of amides is 1. The molecule has 104 valence electrons. The third-order valence-corrected chi connectivity index (χ3v) is 2.74. The van der Waals surface area contributed by atoms with Crippen LogP contribution < -0.4 is 15.8 Å². The minimum absolute atomic E-state index is 0.0902. The van der Waals surface area contributed by atoms with Gasteiger partial charge in [-0.15, -0.1) is 0 Å². The first-order chi connectivity index (χ1) is 9.60. The Hall–Kier alpha value is -2.63. The topological polar surface area (TPSA) is 90.1 Å². The van der Waals surface area contributed by atoms with Crippen molar-refractivity contribution < 1.29 is 9.53 Å². The van der Waals surface area contributed by atoms with Crippen molar-refractivity contribution in [2.45, 2.75) is 13.5 Å². The molecule has 0 fully saturated rings. The highest BCUT2D eigenvalue weighted by Gasteiger charge is 2.10. The maximum atomic E-state index is 12.0. The Balaban J connectivity index is 2.08. The number of carbonyl (C=O) groups is 1. The van der Waals surface area contributed by atoms with Gasteiger partial charge in [0.25, 0.3) is 5.91 Å². The fourth-order valence-electron chi connectivity index (χ4n) is 1.82. The Kier molecular flexibility index (Phi) is 4.14. The summed E-state index contributed by atoms with van der Waals surface area (Å²) in [6.07, 6.45) is 0. The van der Waals surface area contributed by atoms with Crippen LogP contribution in [0.5, 0.6) is 5.75 Å². The van der Waals surface area contributed by atoms with Gasteiger partial charge in [-0.25, -0.2) is 9.97 Å². The number of rotatable bonds is 4. The van der Waals surface area contributed by atoms with Gasteiger partial charge in [0.2, 0.25) is 5.95 Å². The molecule has 0 saturated heterocycles. The summed E-state index contributed by atoms with van der Waals surface area (Å²) in [5.74, 6) is 0.520. The van der Waals surface area contributed by atoms with Crippen molar-refractivity contribution in [1.82, 2.24) is 15.3 Å². The Morgan fingerprint density at radius 1 is 1.35 bits per heavy atom. The first kappa shape index (κ1) is 13.8. The Labute approximate surface area is 117 Å². The molecule has 20 heavy (non-hydrogen) atoms.